The minimum absolute atomic E-state index is 0.00729. The summed E-state index contributed by atoms with van der Waals surface area (Å²) in [7, 11) is 1.19. The SMILES string of the molecule is COC(=O)CC(NC(=O)/C=C/c1ccc(SC)cc1)c1ccc(F)cc1F. The van der Waals surface area contributed by atoms with Crippen LogP contribution in [0.15, 0.2) is 53.4 Å². The quantitative estimate of drug-likeness (QED) is 0.438. The minimum Gasteiger partial charge on any atom is -0.469 e. The molecule has 27 heavy (non-hydrogen) atoms. The Labute approximate surface area is 160 Å². The van der Waals surface area contributed by atoms with E-state index in [4.69, 9.17) is 0 Å². The van der Waals surface area contributed by atoms with Gasteiger partial charge in [-0.3, -0.25) is 9.59 Å². The van der Waals surface area contributed by atoms with E-state index in [-0.39, 0.29) is 12.0 Å². The summed E-state index contributed by atoms with van der Waals surface area (Å²) in [5.74, 6) is -2.73. The number of esters is 1. The maximum atomic E-state index is 14.1. The van der Waals surface area contributed by atoms with Crippen LogP contribution in [0.4, 0.5) is 8.78 Å². The fourth-order valence-corrected chi connectivity index (χ4v) is 2.79. The summed E-state index contributed by atoms with van der Waals surface area (Å²) < 4.78 is 31.8. The van der Waals surface area contributed by atoms with E-state index in [0.29, 0.717) is 6.07 Å². The van der Waals surface area contributed by atoms with Gasteiger partial charge in [0.05, 0.1) is 19.6 Å². The zero-order valence-corrected chi connectivity index (χ0v) is 15.7. The van der Waals surface area contributed by atoms with Crippen molar-refractivity contribution in [1.82, 2.24) is 5.32 Å². The van der Waals surface area contributed by atoms with Gasteiger partial charge in [-0.2, -0.15) is 0 Å². The molecule has 0 aliphatic carbocycles. The first kappa shape index (κ1) is 20.6. The third kappa shape index (κ3) is 6.21. The molecule has 2 rings (SSSR count). The third-order valence-electron chi connectivity index (χ3n) is 3.80. The average molecular weight is 391 g/mol. The van der Waals surface area contributed by atoms with Crippen molar-refractivity contribution in [3.8, 4) is 0 Å². The van der Waals surface area contributed by atoms with Crippen LogP contribution in [0.1, 0.15) is 23.6 Å². The van der Waals surface area contributed by atoms with Crippen LogP contribution in [0.25, 0.3) is 6.08 Å². The molecule has 0 saturated heterocycles. The molecular formula is C20H19F2NO3S. The summed E-state index contributed by atoms with van der Waals surface area (Å²) in [5, 5.41) is 2.56. The Morgan fingerprint density at radius 3 is 2.48 bits per heavy atom. The van der Waals surface area contributed by atoms with E-state index in [1.807, 2.05) is 30.5 Å². The fraction of sp³-hybridized carbons (Fsp3) is 0.200. The number of hydrogen-bond acceptors (Lipinski definition) is 4. The van der Waals surface area contributed by atoms with Gasteiger partial charge in [0.15, 0.2) is 0 Å². The second-order valence-corrected chi connectivity index (χ2v) is 6.49. The van der Waals surface area contributed by atoms with Gasteiger partial charge in [-0.1, -0.05) is 18.2 Å². The molecule has 0 aromatic heterocycles. The molecule has 0 aliphatic rings. The highest BCUT2D eigenvalue weighted by Gasteiger charge is 2.21. The molecule has 0 spiro atoms. The maximum Gasteiger partial charge on any atom is 0.307 e. The third-order valence-corrected chi connectivity index (χ3v) is 4.54. The molecule has 1 amide bonds. The molecule has 2 aromatic rings. The number of rotatable bonds is 7. The predicted octanol–water partition coefficient (Wildman–Crippen LogP) is 4.12. The van der Waals surface area contributed by atoms with E-state index < -0.39 is 29.6 Å². The van der Waals surface area contributed by atoms with Crippen molar-refractivity contribution < 1.29 is 23.1 Å². The van der Waals surface area contributed by atoms with Crippen LogP contribution in [0.3, 0.4) is 0 Å². The number of nitrogens with one attached hydrogen (secondary N) is 1. The van der Waals surface area contributed by atoms with Gasteiger partial charge in [-0.05, 0) is 36.1 Å². The molecule has 142 valence electrons. The molecule has 0 bridgehead atoms. The number of hydrogen-bond donors (Lipinski definition) is 1. The molecule has 0 fully saturated rings. The monoisotopic (exact) mass is 391 g/mol. The average Bonchev–Trinajstić information content (AvgIpc) is 2.66. The topological polar surface area (TPSA) is 55.4 Å². The molecular weight excluding hydrogens is 372 g/mol. The molecule has 0 radical (unpaired) electrons. The Bertz CT molecular complexity index is 838. The molecule has 1 N–H and O–H groups in total. The zero-order valence-electron chi connectivity index (χ0n) is 14.9. The maximum absolute atomic E-state index is 14.1. The predicted molar refractivity (Wildman–Crippen MR) is 101 cm³/mol. The number of halogens is 2. The lowest BCUT2D eigenvalue weighted by Gasteiger charge is -2.18. The van der Waals surface area contributed by atoms with E-state index in [0.717, 1.165) is 16.5 Å². The fourth-order valence-electron chi connectivity index (χ4n) is 2.38. The Hall–Kier alpha value is -2.67. The lowest BCUT2D eigenvalue weighted by molar-refractivity contribution is -0.141. The minimum atomic E-state index is -0.978. The summed E-state index contributed by atoms with van der Waals surface area (Å²) in [6.07, 6.45) is 4.59. The summed E-state index contributed by atoms with van der Waals surface area (Å²) in [6.45, 7) is 0. The van der Waals surface area contributed by atoms with Crippen LogP contribution in [-0.2, 0) is 14.3 Å². The first-order valence-electron chi connectivity index (χ1n) is 8.07. The van der Waals surface area contributed by atoms with E-state index >= 15 is 0 Å². The molecule has 7 heteroatoms. The Morgan fingerprint density at radius 1 is 1.19 bits per heavy atom. The molecule has 2 aromatic carbocycles. The van der Waals surface area contributed by atoms with Crippen LogP contribution >= 0.6 is 11.8 Å². The molecule has 1 atom stereocenters. The normalized spacial score (nSPS) is 12.0. The van der Waals surface area contributed by atoms with E-state index in [1.54, 1.807) is 17.8 Å². The second kappa shape index (κ2) is 9.87. The summed E-state index contributed by atoms with van der Waals surface area (Å²) in [6, 6.07) is 9.57. The van der Waals surface area contributed by atoms with Crippen molar-refractivity contribution in [2.45, 2.75) is 17.4 Å². The number of thioether (sulfide) groups is 1. The van der Waals surface area contributed by atoms with E-state index in [1.165, 1.54) is 19.3 Å². The second-order valence-electron chi connectivity index (χ2n) is 5.61. The van der Waals surface area contributed by atoms with Gasteiger partial charge in [-0.15, -0.1) is 11.8 Å². The van der Waals surface area contributed by atoms with Gasteiger partial charge < -0.3 is 10.1 Å². The molecule has 0 aliphatic heterocycles. The highest BCUT2D eigenvalue weighted by Crippen LogP contribution is 2.22. The number of benzene rings is 2. The van der Waals surface area contributed by atoms with Crippen LogP contribution in [0.5, 0.6) is 0 Å². The van der Waals surface area contributed by atoms with E-state index in [2.05, 4.69) is 10.1 Å². The van der Waals surface area contributed by atoms with Crippen LogP contribution < -0.4 is 5.32 Å². The van der Waals surface area contributed by atoms with Crippen LogP contribution in [0, 0.1) is 11.6 Å². The van der Waals surface area contributed by atoms with Gasteiger partial charge >= 0.3 is 5.97 Å². The van der Waals surface area contributed by atoms with Crippen molar-refractivity contribution >= 4 is 29.7 Å². The van der Waals surface area contributed by atoms with Crippen molar-refractivity contribution in [3.63, 3.8) is 0 Å². The smallest absolute Gasteiger partial charge is 0.307 e. The van der Waals surface area contributed by atoms with Gasteiger partial charge in [0, 0.05) is 22.6 Å². The van der Waals surface area contributed by atoms with Crippen molar-refractivity contribution in [2.75, 3.05) is 13.4 Å². The number of ether oxygens (including phenoxy) is 1. The Morgan fingerprint density at radius 2 is 1.89 bits per heavy atom. The largest absolute Gasteiger partial charge is 0.469 e. The summed E-state index contributed by atoms with van der Waals surface area (Å²) >= 11 is 1.61. The van der Waals surface area contributed by atoms with Crippen LogP contribution in [0.2, 0.25) is 0 Å². The van der Waals surface area contributed by atoms with Crippen molar-refractivity contribution in [2.24, 2.45) is 0 Å². The lowest BCUT2D eigenvalue weighted by atomic mass is 10.0. The number of carbonyl (C=O) groups excluding carboxylic acids is 2. The molecule has 0 saturated carbocycles. The summed E-state index contributed by atoms with van der Waals surface area (Å²) in [4.78, 5) is 24.9. The standard InChI is InChI=1S/C20H19F2NO3S/c1-26-20(25)12-18(16-9-6-14(21)11-17(16)22)23-19(24)10-5-13-3-7-15(27-2)8-4-13/h3-11,18H,12H2,1-2H3,(H,23,24)/b10-5+. The van der Waals surface area contributed by atoms with Crippen molar-refractivity contribution in [3.05, 3.63) is 71.3 Å². The highest BCUT2D eigenvalue weighted by atomic mass is 32.2. The van der Waals surface area contributed by atoms with E-state index in [9.17, 15) is 18.4 Å². The molecule has 1 unspecified atom stereocenters. The van der Waals surface area contributed by atoms with Gasteiger partial charge in [0.1, 0.15) is 11.6 Å². The molecule has 4 nitrogen and oxygen atoms in total. The number of methoxy groups -OCH3 is 1. The Balaban J connectivity index is 2.14. The zero-order chi connectivity index (χ0) is 19.8. The van der Waals surface area contributed by atoms with Gasteiger partial charge in [-0.25, -0.2) is 8.78 Å². The van der Waals surface area contributed by atoms with Crippen molar-refractivity contribution in [1.29, 1.82) is 0 Å². The lowest BCUT2D eigenvalue weighted by Crippen LogP contribution is -2.29. The summed E-state index contributed by atoms with van der Waals surface area (Å²) in [5.41, 5.74) is 0.827. The van der Waals surface area contributed by atoms with Gasteiger partial charge in [0.25, 0.3) is 0 Å². The molecule has 0 heterocycles. The first-order chi connectivity index (χ1) is 12.9. The Kier molecular flexibility index (Phi) is 7.55. The first-order valence-corrected chi connectivity index (χ1v) is 9.29. The number of amides is 1. The van der Waals surface area contributed by atoms with Gasteiger partial charge in [0.2, 0.25) is 5.91 Å². The number of carbonyl (C=O) groups is 2. The van der Waals surface area contributed by atoms with Crippen LogP contribution in [-0.4, -0.2) is 25.2 Å². The highest BCUT2D eigenvalue weighted by molar-refractivity contribution is 7.98.